The van der Waals surface area contributed by atoms with Gasteiger partial charge in [0.25, 0.3) is 0 Å². The average molecular weight is 392 g/mol. The van der Waals surface area contributed by atoms with E-state index >= 15 is 0 Å². The Morgan fingerprint density at radius 1 is 1.38 bits per heavy atom. The average Bonchev–Trinajstić information content (AvgIpc) is 3.09. The predicted molar refractivity (Wildman–Crippen MR) is 93.3 cm³/mol. The third kappa shape index (κ3) is 4.92. The summed E-state index contributed by atoms with van der Waals surface area (Å²) in [5.41, 5.74) is 0. The Balaban J connectivity index is 2.11. The zero-order chi connectivity index (χ0) is 17.6. The molecular formula is C15H18ClNO5S2. The van der Waals surface area contributed by atoms with Crippen molar-refractivity contribution in [3.05, 3.63) is 45.6 Å². The van der Waals surface area contributed by atoms with E-state index in [1.807, 2.05) is 17.5 Å². The zero-order valence-electron chi connectivity index (χ0n) is 12.9. The Bertz CT molecular complexity index is 749. The summed E-state index contributed by atoms with van der Waals surface area (Å²) in [6, 6.07) is 7.95. The van der Waals surface area contributed by atoms with Gasteiger partial charge in [-0.3, -0.25) is 0 Å². The molecule has 0 spiro atoms. The van der Waals surface area contributed by atoms with Crippen LogP contribution in [-0.2, 0) is 14.8 Å². The van der Waals surface area contributed by atoms with Gasteiger partial charge in [0.1, 0.15) is 11.9 Å². The van der Waals surface area contributed by atoms with Crippen LogP contribution in [0.25, 0.3) is 0 Å². The number of hydrogen-bond donors (Lipinski definition) is 2. The number of sulfonamides is 1. The lowest BCUT2D eigenvalue weighted by Gasteiger charge is -2.17. The lowest BCUT2D eigenvalue weighted by atomic mass is 10.3. The maximum absolute atomic E-state index is 12.4. The number of methoxy groups -OCH3 is 1. The number of halogens is 1. The molecule has 9 heteroatoms. The minimum Gasteiger partial charge on any atom is -0.495 e. The van der Waals surface area contributed by atoms with Gasteiger partial charge in [-0.05, 0) is 29.6 Å². The van der Waals surface area contributed by atoms with Gasteiger partial charge >= 0.3 is 0 Å². The van der Waals surface area contributed by atoms with Crippen molar-refractivity contribution in [2.24, 2.45) is 0 Å². The molecule has 0 bridgehead atoms. The van der Waals surface area contributed by atoms with Crippen molar-refractivity contribution in [2.75, 3.05) is 26.9 Å². The fourth-order valence-electron chi connectivity index (χ4n) is 1.99. The lowest BCUT2D eigenvalue weighted by molar-refractivity contribution is 0.0328. The highest BCUT2D eigenvalue weighted by atomic mass is 35.5. The highest BCUT2D eigenvalue weighted by Crippen LogP contribution is 2.27. The maximum atomic E-state index is 12.4. The number of nitrogens with one attached hydrogen (secondary N) is 1. The van der Waals surface area contributed by atoms with Crippen LogP contribution in [0.5, 0.6) is 5.75 Å². The van der Waals surface area contributed by atoms with Crippen LogP contribution in [0.2, 0.25) is 5.02 Å². The van der Waals surface area contributed by atoms with E-state index in [0.29, 0.717) is 5.75 Å². The molecular weight excluding hydrogens is 374 g/mol. The van der Waals surface area contributed by atoms with Crippen LogP contribution in [0.1, 0.15) is 11.0 Å². The Labute approximate surface area is 150 Å². The summed E-state index contributed by atoms with van der Waals surface area (Å²) < 4.78 is 37.9. The molecule has 0 amide bonds. The van der Waals surface area contributed by atoms with Crippen LogP contribution in [0.4, 0.5) is 0 Å². The summed E-state index contributed by atoms with van der Waals surface area (Å²) in [6.45, 7) is 0.0356. The van der Waals surface area contributed by atoms with Crippen molar-refractivity contribution in [3.8, 4) is 5.75 Å². The molecule has 1 heterocycles. The van der Waals surface area contributed by atoms with E-state index in [-0.39, 0.29) is 29.7 Å². The summed E-state index contributed by atoms with van der Waals surface area (Å²) in [4.78, 5) is 0.916. The van der Waals surface area contributed by atoms with Crippen molar-refractivity contribution >= 4 is 33.0 Å². The van der Waals surface area contributed by atoms with E-state index in [2.05, 4.69) is 4.72 Å². The fraction of sp³-hybridized carbons (Fsp3) is 0.333. The first kappa shape index (κ1) is 19.2. The van der Waals surface area contributed by atoms with Crippen molar-refractivity contribution in [2.45, 2.75) is 11.0 Å². The standard InChI is InChI=1S/C15H18ClNO5S2/c1-21-13-5-4-11(9-12(13)16)24(19,20)17-10-14(22-7-6-18)15-3-2-8-23-15/h2-5,8-9,14,17-18H,6-7,10H2,1H3. The van der Waals surface area contributed by atoms with Crippen LogP contribution in [0, 0.1) is 0 Å². The molecule has 0 fully saturated rings. The van der Waals surface area contributed by atoms with E-state index in [4.69, 9.17) is 26.2 Å². The predicted octanol–water partition coefficient (Wildman–Crippen LogP) is 2.44. The molecule has 0 saturated heterocycles. The van der Waals surface area contributed by atoms with E-state index < -0.39 is 16.1 Å². The molecule has 2 aromatic rings. The number of ether oxygens (including phenoxy) is 2. The maximum Gasteiger partial charge on any atom is 0.240 e. The van der Waals surface area contributed by atoms with E-state index in [9.17, 15) is 8.42 Å². The SMILES string of the molecule is COc1ccc(S(=O)(=O)NCC(OCCO)c2cccs2)cc1Cl. The Morgan fingerprint density at radius 2 is 2.17 bits per heavy atom. The van der Waals surface area contributed by atoms with Gasteiger partial charge in [-0.2, -0.15) is 0 Å². The number of aliphatic hydroxyl groups excluding tert-OH is 1. The minimum absolute atomic E-state index is 0.0420. The molecule has 0 aliphatic carbocycles. The van der Waals surface area contributed by atoms with Crippen molar-refractivity contribution in [1.82, 2.24) is 4.72 Å². The van der Waals surface area contributed by atoms with Crippen LogP contribution < -0.4 is 9.46 Å². The van der Waals surface area contributed by atoms with Crippen LogP contribution in [0.15, 0.2) is 40.6 Å². The van der Waals surface area contributed by atoms with Crippen molar-refractivity contribution in [1.29, 1.82) is 0 Å². The van der Waals surface area contributed by atoms with Crippen LogP contribution in [0.3, 0.4) is 0 Å². The molecule has 2 N–H and O–H groups in total. The highest BCUT2D eigenvalue weighted by Gasteiger charge is 2.20. The second-order valence-corrected chi connectivity index (χ2v) is 7.90. The normalized spacial score (nSPS) is 13.0. The molecule has 0 radical (unpaired) electrons. The Morgan fingerprint density at radius 3 is 2.75 bits per heavy atom. The Kier molecular flexibility index (Phi) is 7.02. The zero-order valence-corrected chi connectivity index (χ0v) is 15.3. The second-order valence-electron chi connectivity index (χ2n) is 4.75. The van der Waals surface area contributed by atoms with Gasteiger partial charge in [0.15, 0.2) is 0 Å². The molecule has 0 aliphatic rings. The molecule has 24 heavy (non-hydrogen) atoms. The first-order valence-corrected chi connectivity index (χ1v) is 9.81. The van der Waals surface area contributed by atoms with Gasteiger partial charge in [0.2, 0.25) is 10.0 Å². The molecule has 0 saturated carbocycles. The molecule has 1 unspecified atom stereocenters. The first-order valence-electron chi connectivity index (χ1n) is 7.07. The quantitative estimate of drug-likeness (QED) is 0.685. The Hall–Kier alpha value is -1.16. The summed E-state index contributed by atoms with van der Waals surface area (Å²) in [5.74, 6) is 0.401. The molecule has 1 aromatic heterocycles. The third-order valence-electron chi connectivity index (χ3n) is 3.16. The third-order valence-corrected chi connectivity index (χ3v) is 5.84. The number of aliphatic hydroxyl groups is 1. The summed E-state index contributed by atoms with van der Waals surface area (Å²) >= 11 is 7.44. The van der Waals surface area contributed by atoms with Gasteiger partial charge in [-0.1, -0.05) is 17.7 Å². The van der Waals surface area contributed by atoms with Gasteiger partial charge in [-0.25, -0.2) is 13.1 Å². The van der Waals surface area contributed by atoms with E-state index in [1.54, 1.807) is 0 Å². The monoisotopic (exact) mass is 391 g/mol. The molecule has 2 rings (SSSR count). The molecule has 132 valence electrons. The van der Waals surface area contributed by atoms with Gasteiger partial charge in [0.05, 0.1) is 30.2 Å². The largest absolute Gasteiger partial charge is 0.495 e. The van der Waals surface area contributed by atoms with Crippen LogP contribution in [-0.4, -0.2) is 40.4 Å². The lowest BCUT2D eigenvalue weighted by Crippen LogP contribution is -2.29. The first-order chi connectivity index (χ1) is 11.5. The highest BCUT2D eigenvalue weighted by molar-refractivity contribution is 7.89. The summed E-state index contributed by atoms with van der Waals surface area (Å²) in [7, 11) is -2.29. The molecule has 6 nitrogen and oxygen atoms in total. The number of hydrogen-bond acceptors (Lipinski definition) is 6. The van der Waals surface area contributed by atoms with Crippen molar-refractivity contribution < 1.29 is 23.0 Å². The number of thiophene rings is 1. The molecule has 0 aliphatic heterocycles. The number of rotatable bonds is 9. The van der Waals surface area contributed by atoms with Gasteiger partial charge < -0.3 is 14.6 Å². The topological polar surface area (TPSA) is 84.9 Å². The second kappa shape index (κ2) is 8.80. The van der Waals surface area contributed by atoms with Crippen LogP contribution >= 0.6 is 22.9 Å². The fourth-order valence-corrected chi connectivity index (χ4v) is 4.15. The minimum atomic E-state index is -3.75. The van der Waals surface area contributed by atoms with E-state index in [1.165, 1.54) is 36.6 Å². The van der Waals surface area contributed by atoms with Gasteiger partial charge in [-0.15, -0.1) is 11.3 Å². The number of benzene rings is 1. The van der Waals surface area contributed by atoms with E-state index in [0.717, 1.165) is 4.88 Å². The molecule has 1 aromatic carbocycles. The van der Waals surface area contributed by atoms with Crippen molar-refractivity contribution in [3.63, 3.8) is 0 Å². The summed E-state index contributed by atoms with van der Waals surface area (Å²) in [5, 5.41) is 11.0. The smallest absolute Gasteiger partial charge is 0.240 e. The van der Waals surface area contributed by atoms with Gasteiger partial charge in [0, 0.05) is 11.4 Å². The molecule has 1 atom stereocenters. The summed E-state index contributed by atoms with van der Waals surface area (Å²) in [6.07, 6.45) is -0.472.